The summed E-state index contributed by atoms with van der Waals surface area (Å²) in [5.74, 6) is 1.50. The van der Waals surface area contributed by atoms with E-state index in [9.17, 15) is 4.79 Å². The van der Waals surface area contributed by atoms with Crippen LogP contribution in [0.2, 0.25) is 0 Å². The SMILES string of the molecule is Cc1cn[nH]c1C1COCCN1C(=O)CCn1ccnc1C(C)C. The van der Waals surface area contributed by atoms with Gasteiger partial charge in [0.1, 0.15) is 5.82 Å². The minimum absolute atomic E-state index is 0.0823. The van der Waals surface area contributed by atoms with E-state index in [1.165, 1.54) is 0 Å². The first kappa shape index (κ1) is 16.7. The molecule has 1 atom stereocenters. The number of ether oxygens (including phenoxy) is 1. The second-order valence-electron chi connectivity index (χ2n) is 6.53. The van der Waals surface area contributed by atoms with Crippen LogP contribution in [0.3, 0.4) is 0 Å². The summed E-state index contributed by atoms with van der Waals surface area (Å²) in [5.41, 5.74) is 2.02. The quantitative estimate of drug-likeness (QED) is 0.909. The maximum Gasteiger partial charge on any atom is 0.225 e. The molecule has 1 unspecified atom stereocenters. The third kappa shape index (κ3) is 3.36. The van der Waals surface area contributed by atoms with Crippen LogP contribution < -0.4 is 0 Å². The zero-order valence-electron chi connectivity index (χ0n) is 14.5. The number of hydrogen-bond acceptors (Lipinski definition) is 4. The zero-order chi connectivity index (χ0) is 17.1. The first-order valence-corrected chi connectivity index (χ1v) is 8.46. The fourth-order valence-corrected chi connectivity index (χ4v) is 3.21. The topological polar surface area (TPSA) is 76.0 Å². The second kappa shape index (κ2) is 7.17. The molecule has 0 saturated carbocycles. The van der Waals surface area contributed by atoms with Crippen LogP contribution in [-0.4, -0.2) is 50.3 Å². The fourth-order valence-electron chi connectivity index (χ4n) is 3.21. The molecule has 7 heteroatoms. The molecule has 0 aromatic carbocycles. The van der Waals surface area contributed by atoms with Crippen LogP contribution in [0.5, 0.6) is 0 Å². The molecule has 2 aromatic rings. The summed E-state index contributed by atoms with van der Waals surface area (Å²) in [5, 5.41) is 7.09. The van der Waals surface area contributed by atoms with Crippen molar-refractivity contribution in [2.24, 2.45) is 0 Å². The normalized spacial score (nSPS) is 18.3. The maximum absolute atomic E-state index is 12.8. The highest BCUT2D eigenvalue weighted by atomic mass is 16.5. The highest BCUT2D eigenvalue weighted by Gasteiger charge is 2.30. The van der Waals surface area contributed by atoms with Crippen molar-refractivity contribution in [3.63, 3.8) is 0 Å². The van der Waals surface area contributed by atoms with Gasteiger partial charge in [-0.05, 0) is 12.5 Å². The molecule has 3 heterocycles. The van der Waals surface area contributed by atoms with E-state index >= 15 is 0 Å². The van der Waals surface area contributed by atoms with Crippen molar-refractivity contribution in [1.82, 2.24) is 24.6 Å². The van der Waals surface area contributed by atoms with Crippen molar-refractivity contribution in [3.8, 4) is 0 Å². The molecule has 1 amide bonds. The lowest BCUT2D eigenvalue weighted by Crippen LogP contribution is -2.44. The lowest BCUT2D eigenvalue weighted by molar-refractivity contribution is -0.140. The molecule has 1 fully saturated rings. The van der Waals surface area contributed by atoms with Crippen molar-refractivity contribution >= 4 is 5.91 Å². The van der Waals surface area contributed by atoms with Crippen LogP contribution in [0.15, 0.2) is 18.6 Å². The Morgan fingerprint density at radius 3 is 3.04 bits per heavy atom. The number of rotatable bonds is 5. The lowest BCUT2D eigenvalue weighted by Gasteiger charge is -2.35. The van der Waals surface area contributed by atoms with E-state index < -0.39 is 0 Å². The van der Waals surface area contributed by atoms with Gasteiger partial charge in [-0.15, -0.1) is 0 Å². The number of aromatic amines is 1. The summed E-state index contributed by atoms with van der Waals surface area (Å²) < 4.78 is 7.65. The van der Waals surface area contributed by atoms with Gasteiger partial charge in [0.15, 0.2) is 0 Å². The van der Waals surface area contributed by atoms with E-state index in [0.717, 1.165) is 17.1 Å². The molecule has 0 bridgehead atoms. The maximum atomic E-state index is 12.8. The molecule has 1 aliphatic heterocycles. The Hall–Kier alpha value is -2.15. The minimum Gasteiger partial charge on any atom is -0.377 e. The summed E-state index contributed by atoms with van der Waals surface area (Å²) >= 11 is 0. The molecule has 130 valence electrons. The van der Waals surface area contributed by atoms with Gasteiger partial charge in [0.2, 0.25) is 5.91 Å². The zero-order valence-corrected chi connectivity index (χ0v) is 14.5. The van der Waals surface area contributed by atoms with Crippen LogP contribution in [0.25, 0.3) is 0 Å². The summed E-state index contributed by atoms with van der Waals surface area (Å²) in [6, 6.07) is -0.0823. The van der Waals surface area contributed by atoms with E-state index in [2.05, 4.69) is 33.6 Å². The standard InChI is InChI=1S/C17H25N5O2/c1-12(2)17-18-5-7-21(17)6-4-15(23)22-8-9-24-11-14(22)16-13(3)10-19-20-16/h5,7,10,12,14H,4,6,8-9,11H2,1-3H3,(H,19,20). The number of hydrogen-bond donors (Lipinski definition) is 1. The Balaban J connectivity index is 1.68. The molecule has 0 aliphatic carbocycles. The van der Waals surface area contributed by atoms with Gasteiger partial charge >= 0.3 is 0 Å². The molecule has 1 saturated heterocycles. The average molecular weight is 331 g/mol. The Bertz CT molecular complexity index is 691. The van der Waals surface area contributed by atoms with Crippen molar-refractivity contribution in [3.05, 3.63) is 35.7 Å². The van der Waals surface area contributed by atoms with Crippen molar-refractivity contribution in [2.75, 3.05) is 19.8 Å². The summed E-state index contributed by atoms with van der Waals surface area (Å²) in [7, 11) is 0. The average Bonchev–Trinajstić information content (AvgIpc) is 3.21. The molecule has 7 nitrogen and oxygen atoms in total. The number of H-pyrrole nitrogens is 1. The van der Waals surface area contributed by atoms with Gasteiger partial charge in [0.25, 0.3) is 0 Å². The predicted octanol–water partition coefficient (Wildman–Crippen LogP) is 2.03. The van der Waals surface area contributed by atoms with E-state index in [0.29, 0.717) is 38.6 Å². The van der Waals surface area contributed by atoms with E-state index in [-0.39, 0.29) is 11.9 Å². The lowest BCUT2D eigenvalue weighted by atomic mass is 10.1. The highest BCUT2D eigenvalue weighted by Crippen LogP contribution is 2.25. The smallest absolute Gasteiger partial charge is 0.225 e. The van der Waals surface area contributed by atoms with Gasteiger partial charge in [-0.2, -0.15) is 5.10 Å². The first-order chi connectivity index (χ1) is 11.6. The number of imidazole rings is 1. The molecule has 3 rings (SSSR count). The highest BCUT2D eigenvalue weighted by molar-refractivity contribution is 5.76. The largest absolute Gasteiger partial charge is 0.377 e. The number of nitrogens with zero attached hydrogens (tertiary/aromatic N) is 4. The Morgan fingerprint density at radius 2 is 2.33 bits per heavy atom. The number of nitrogens with one attached hydrogen (secondary N) is 1. The van der Waals surface area contributed by atoms with Crippen molar-refractivity contribution in [1.29, 1.82) is 0 Å². The van der Waals surface area contributed by atoms with Crippen LogP contribution >= 0.6 is 0 Å². The molecule has 1 aliphatic rings. The van der Waals surface area contributed by atoms with Crippen LogP contribution in [0.4, 0.5) is 0 Å². The Morgan fingerprint density at radius 1 is 1.50 bits per heavy atom. The number of amides is 1. The summed E-state index contributed by atoms with van der Waals surface area (Å²) in [4.78, 5) is 19.1. The van der Waals surface area contributed by atoms with Gasteiger partial charge in [-0.1, -0.05) is 13.8 Å². The molecule has 24 heavy (non-hydrogen) atoms. The second-order valence-corrected chi connectivity index (χ2v) is 6.53. The van der Waals surface area contributed by atoms with E-state index in [4.69, 9.17) is 4.74 Å². The van der Waals surface area contributed by atoms with Gasteiger partial charge in [-0.25, -0.2) is 4.98 Å². The fraction of sp³-hybridized carbons (Fsp3) is 0.588. The minimum atomic E-state index is -0.0823. The van der Waals surface area contributed by atoms with Crippen molar-refractivity contribution < 1.29 is 9.53 Å². The molecule has 2 aromatic heterocycles. The molecular formula is C17H25N5O2. The molecule has 0 spiro atoms. The monoisotopic (exact) mass is 331 g/mol. The van der Waals surface area contributed by atoms with Gasteiger partial charge in [0, 0.05) is 37.8 Å². The summed E-state index contributed by atoms with van der Waals surface area (Å²) in [6.07, 6.45) is 5.98. The molecule has 1 N–H and O–H groups in total. The number of aromatic nitrogens is 4. The van der Waals surface area contributed by atoms with E-state index in [1.807, 2.05) is 18.0 Å². The molecular weight excluding hydrogens is 306 g/mol. The van der Waals surface area contributed by atoms with E-state index in [1.54, 1.807) is 12.4 Å². The van der Waals surface area contributed by atoms with Crippen LogP contribution in [0.1, 0.15) is 49.3 Å². The third-order valence-corrected chi connectivity index (χ3v) is 4.48. The predicted molar refractivity (Wildman–Crippen MR) is 89.5 cm³/mol. The van der Waals surface area contributed by atoms with Crippen LogP contribution in [-0.2, 0) is 16.1 Å². The number of carbonyl (C=O) groups is 1. The van der Waals surface area contributed by atoms with Gasteiger partial charge < -0.3 is 14.2 Å². The van der Waals surface area contributed by atoms with Crippen LogP contribution in [0, 0.1) is 6.92 Å². The third-order valence-electron chi connectivity index (χ3n) is 4.48. The Labute approximate surface area is 142 Å². The molecule has 0 radical (unpaired) electrons. The van der Waals surface area contributed by atoms with Gasteiger partial charge in [0.05, 0.1) is 31.1 Å². The Kier molecular flexibility index (Phi) is 4.99. The number of morpholine rings is 1. The van der Waals surface area contributed by atoms with Crippen molar-refractivity contribution in [2.45, 2.75) is 45.7 Å². The number of aryl methyl sites for hydroxylation is 2. The first-order valence-electron chi connectivity index (χ1n) is 8.46. The van der Waals surface area contributed by atoms with Gasteiger partial charge in [-0.3, -0.25) is 9.89 Å². The number of carbonyl (C=O) groups excluding carboxylic acids is 1. The summed E-state index contributed by atoms with van der Waals surface area (Å²) in [6.45, 7) is 8.58.